The van der Waals surface area contributed by atoms with Gasteiger partial charge in [0.15, 0.2) is 17.4 Å². The fourth-order valence-electron chi connectivity index (χ4n) is 2.00. The number of benzene rings is 1. The van der Waals surface area contributed by atoms with Crippen LogP contribution in [0, 0.1) is 17.0 Å². The first-order valence-electron chi connectivity index (χ1n) is 5.92. The quantitative estimate of drug-likeness (QED) is 0.851. The van der Waals surface area contributed by atoms with Crippen LogP contribution in [0.4, 0.5) is 8.78 Å². The van der Waals surface area contributed by atoms with Crippen LogP contribution < -0.4 is 4.74 Å². The summed E-state index contributed by atoms with van der Waals surface area (Å²) in [6.45, 7) is 1.55. The van der Waals surface area contributed by atoms with Crippen molar-refractivity contribution >= 4 is 12.6 Å². The number of rotatable bonds is 4. The van der Waals surface area contributed by atoms with Gasteiger partial charge >= 0.3 is 0 Å². The fourth-order valence-corrected chi connectivity index (χ4v) is 2.41. The van der Waals surface area contributed by atoms with Crippen LogP contribution in [-0.4, -0.2) is 25.6 Å². The third kappa shape index (κ3) is 2.95. The van der Waals surface area contributed by atoms with Crippen molar-refractivity contribution in [2.24, 2.45) is 5.41 Å². The van der Waals surface area contributed by atoms with E-state index in [1.165, 1.54) is 18.2 Å². The predicted molar refractivity (Wildman–Crippen MR) is 68.2 cm³/mol. The summed E-state index contributed by atoms with van der Waals surface area (Å²) in [5.74, 6) is -1.02. The van der Waals surface area contributed by atoms with Crippen molar-refractivity contribution in [2.45, 2.75) is 12.8 Å². The average molecular weight is 274 g/mol. The van der Waals surface area contributed by atoms with Crippen molar-refractivity contribution in [3.8, 4) is 5.75 Å². The van der Waals surface area contributed by atoms with Gasteiger partial charge in [-0.1, -0.05) is 6.07 Å². The molecule has 0 aliphatic carbocycles. The van der Waals surface area contributed by atoms with E-state index < -0.39 is 11.6 Å². The van der Waals surface area contributed by atoms with Crippen molar-refractivity contribution in [2.75, 3.05) is 25.6 Å². The minimum atomic E-state index is -0.670. The van der Waals surface area contributed by atoms with E-state index in [1.807, 2.05) is 0 Å². The Morgan fingerprint density at radius 1 is 1.22 bits per heavy atom. The molecule has 0 saturated carbocycles. The third-order valence-corrected chi connectivity index (χ3v) is 4.00. The molecule has 1 aliphatic rings. The highest BCUT2D eigenvalue weighted by Gasteiger charge is 2.32. The van der Waals surface area contributed by atoms with Crippen LogP contribution in [0.15, 0.2) is 18.2 Å². The number of para-hydroxylation sites is 1. The summed E-state index contributed by atoms with van der Waals surface area (Å²) in [5, 5.41) is 0. The van der Waals surface area contributed by atoms with E-state index in [0.29, 0.717) is 19.0 Å². The van der Waals surface area contributed by atoms with E-state index in [4.69, 9.17) is 9.47 Å². The van der Waals surface area contributed by atoms with E-state index in [9.17, 15) is 8.78 Å². The van der Waals surface area contributed by atoms with Crippen molar-refractivity contribution in [3.63, 3.8) is 0 Å². The van der Waals surface area contributed by atoms with Gasteiger partial charge in [-0.2, -0.15) is 12.6 Å². The molecule has 0 radical (unpaired) electrons. The van der Waals surface area contributed by atoms with Gasteiger partial charge in [-0.05, 0) is 30.7 Å². The van der Waals surface area contributed by atoms with E-state index in [0.717, 1.165) is 12.8 Å². The minimum Gasteiger partial charge on any atom is -0.487 e. The lowest BCUT2D eigenvalue weighted by Gasteiger charge is -2.35. The highest BCUT2D eigenvalue weighted by Crippen LogP contribution is 2.33. The predicted octanol–water partition coefficient (Wildman–Crippen LogP) is 3.07. The maximum absolute atomic E-state index is 13.4. The van der Waals surface area contributed by atoms with Gasteiger partial charge in [0, 0.05) is 18.6 Å². The Hall–Kier alpha value is -0.810. The Kier molecular flexibility index (Phi) is 4.45. The molecule has 1 aromatic carbocycles. The van der Waals surface area contributed by atoms with Gasteiger partial charge in [-0.3, -0.25) is 0 Å². The summed E-state index contributed by atoms with van der Waals surface area (Å²) < 4.78 is 37.5. The van der Waals surface area contributed by atoms with Crippen molar-refractivity contribution in [1.82, 2.24) is 0 Å². The van der Waals surface area contributed by atoms with Crippen LogP contribution >= 0.6 is 12.6 Å². The first kappa shape index (κ1) is 13.6. The molecular formula is C13H16F2O2S. The van der Waals surface area contributed by atoms with E-state index in [1.54, 1.807) is 0 Å². The zero-order valence-electron chi connectivity index (χ0n) is 9.99. The molecule has 0 N–H and O–H groups in total. The smallest absolute Gasteiger partial charge is 0.190 e. The van der Waals surface area contributed by atoms with Crippen LogP contribution in [0.3, 0.4) is 0 Å². The molecule has 2 nitrogen and oxygen atoms in total. The van der Waals surface area contributed by atoms with Gasteiger partial charge in [-0.25, -0.2) is 8.78 Å². The largest absolute Gasteiger partial charge is 0.487 e. The fraction of sp³-hybridized carbons (Fsp3) is 0.538. The summed E-state index contributed by atoms with van der Waals surface area (Å²) in [4.78, 5) is 0. The molecule has 1 saturated heterocycles. The molecule has 5 heteroatoms. The van der Waals surface area contributed by atoms with Gasteiger partial charge in [0.1, 0.15) is 0 Å². The molecule has 1 aliphatic heterocycles. The van der Waals surface area contributed by atoms with Crippen molar-refractivity contribution in [3.05, 3.63) is 29.8 Å². The number of hydrogen-bond donors (Lipinski definition) is 1. The molecule has 100 valence electrons. The lowest BCUT2D eigenvalue weighted by atomic mass is 9.83. The second-order valence-electron chi connectivity index (χ2n) is 4.61. The summed E-state index contributed by atoms with van der Waals surface area (Å²) >= 11 is 4.32. The standard InChI is InChI=1S/C13H16F2O2S/c14-10-2-1-3-11(15)12(10)17-8-13(9-18)4-6-16-7-5-13/h1-3,18H,4-9H2. The zero-order chi connectivity index (χ0) is 13.0. The van der Waals surface area contributed by atoms with Gasteiger partial charge in [0.2, 0.25) is 0 Å². The van der Waals surface area contributed by atoms with Crippen molar-refractivity contribution in [1.29, 1.82) is 0 Å². The van der Waals surface area contributed by atoms with E-state index in [2.05, 4.69) is 12.6 Å². The molecule has 0 unspecified atom stereocenters. The Labute approximate surface area is 111 Å². The summed E-state index contributed by atoms with van der Waals surface area (Å²) in [5.41, 5.74) is -0.157. The van der Waals surface area contributed by atoms with Gasteiger partial charge in [0.25, 0.3) is 0 Å². The third-order valence-electron chi connectivity index (χ3n) is 3.33. The number of ether oxygens (including phenoxy) is 2. The molecule has 0 bridgehead atoms. The first-order chi connectivity index (χ1) is 8.67. The Morgan fingerprint density at radius 3 is 2.39 bits per heavy atom. The topological polar surface area (TPSA) is 18.5 Å². The molecule has 1 fully saturated rings. The summed E-state index contributed by atoms with van der Waals surface area (Å²) in [6, 6.07) is 3.70. The second kappa shape index (κ2) is 5.89. The van der Waals surface area contributed by atoms with E-state index >= 15 is 0 Å². The van der Waals surface area contributed by atoms with Crippen molar-refractivity contribution < 1.29 is 18.3 Å². The molecule has 0 aromatic heterocycles. The SMILES string of the molecule is Fc1cccc(F)c1OCC1(CS)CCOCC1. The van der Waals surface area contributed by atoms with E-state index in [-0.39, 0.29) is 17.8 Å². The molecule has 0 atom stereocenters. The minimum absolute atomic E-state index is 0.157. The van der Waals surface area contributed by atoms with Crippen LogP contribution in [0.25, 0.3) is 0 Å². The molecule has 0 spiro atoms. The molecule has 2 rings (SSSR count). The summed E-state index contributed by atoms with van der Waals surface area (Å²) in [7, 11) is 0. The average Bonchev–Trinajstić information content (AvgIpc) is 2.39. The second-order valence-corrected chi connectivity index (χ2v) is 4.93. The molecule has 1 aromatic rings. The lowest BCUT2D eigenvalue weighted by Crippen LogP contribution is -2.37. The van der Waals surface area contributed by atoms with Crippen LogP contribution in [0.2, 0.25) is 0 Å². The first-order valence-corrected chi connectivity index (χ1v) is 6.56. The maximum Gasteiger partial charge on any atom is 0.190 e. The Balaban J connectivity index is 2.05. The Bertz CT molecular complexity index is 386. The summed E-state index contributed by atoms with van der Waals surface area (Å²) in [6.07, 6.45) is 1.60. The van der Waals surface area contributed by atoms with Gasteiger partial charge in [0.05, 0.1) is 6.61 Å². The van der Waals surface area contributed by atoms with Gasteiger partial charge < -0.3 is 9.47 Å². The normalized spacial score (nSPS) is 18.6. The van der Waals surface area contributed by atoms with Crippen LogP contribution in [0.5, 0.6) is 5.75 Å². The molecular weight excluding hydrogens is 258 g/mol. The Morgan fingerprint density at radius 2 is 1.83 bits per heavy atom. The lowest BCUT2D eigenvalue weighted by molar-refractivity contribution is 0.00175. The highest BCUT2D eigenvalue weighted by atomic mass is 32.1. The number of halogens is 2. The molecule has 0 amide bonds. The zero-order valence-corrected chi connectivity index (χ0v) is 10.9. The molecule has 18 heavy (non-hydrogen) atoms. The molecule has 1 heterocycles. The number of hydrogen-bond acceptors (Lipinski definition) is 3. The number of thiol groups is 1. The van der Waals surface area contributed by atoms with Gasteiger partial charge in [-0.15, -0.1) is 0 Å². The van der Waals surface area contributed by atoms with Crippen LogP contribution in [0.1, 0.15) is 12.8 Å². The maximum atomic E-state index is 13.4. The van der Waals surface area contributed by atoms with Crippen LogP contribution in [-0.2, 0) is 4.74 Å². The monoisotopic (exact) mass is 274 g/mol. The highest BCUT2D eigenvalue weighted by molar-refractivity contribution is 7.80.